The summed E-state index contributed by atoms with van der Waals surface area (Å²) < 4.78 is 5.23. The van der Waals surface area contributed by atoms with E-state index in [1.807, 2.05) is 6.92 Å². The highest BCUT2D eigenvalue weighted by Gasteiger charge is 2.16. The van der Waals surface area contributed by atoms with E-state index in [1.165, 1.54) is 0 Å². The fourth-order valence-electron chi connectivity index (χ4n) is 1.59. The molecule has 0 N–H and O–H groups in total. The zero-order chi connectivity index (χ0) is 10.4. The van der Waals surface area contributed by atoms with Crippen LogP contribution in [-0.4, -0.2) is 24.0 Å². The van der Waals surface area contributed by atoms with Gasteiger partial charge in [-0.05, 0) is 31.6 Å². The second-order valence-electron chi connectivity index (χ2n) is 3.53. The molecular formula is C9H16N2O3. The van der Waals surface area contributed by atoms with Gasteiger partial charge in [-0.3, -0.25) is 0 Å². The van der Waals surface area contributed by atoms with Gasteiger partial charge in [0.25, 0.3) is 0 Å². The summed E-state index contributed by atoms with van der Waals surface area (Å²) in [7, 11) is 0. The molecule has 0 spiro atoms. The van der Waals surface area contributed by atoms with Crippen molar-refractivity contribution in [3.63, 3.8) is 0 Å². The van der Waals surface area contributed by atoms with Crippen LogP contribution in [0.3, 0.4) is 0 Å². The maximum absolute atomic E-state index is 10.2. The first kappa shape index (κ1) is 11.1. The van der Waals surface area contributed by atoms with Crippen LogP contribution in [0.5, 0.6) is 0 Å². The van der Waals surface area contributed by atoms with E-state index in [9.17, 15) is 10.1 Å². The third-order valence-electron chi connectivity index (χ3n) is 2.50. The van der Waals surface area contributed by atoms with E-state index < -0.39 is 5.03 Å². The number of hydrogen-bond donors (Lipinski definition) is 0. The molecule has 0 aromatic heterocycles. The van der Waals surface area contributed by atoms with Gasteiger partial charge in [-0.1, -0.05) is 6.92 Å². The van der Waals surface area contributed by atoms with E-state index in [2.05, 4.69) is 5.10 Å². The van der Waals surface area contributed by atoms with Crippen LogP contribution in [0.25, 0.3) is 0 Å². The van der Waals surface area contributed by atoms with Gasteiger partial charge in [0.15, 0.2) is 5.03 Å². The van der Waals surface area contributed by atoms with Gasteiger partial charge < -0.3 is 4.74 Å². The lowest BCUT2D eigenvalue weighted by molar-refractivity contribution is -0.485. The van der Waals surface area contributed by atoms with Crippen molar-refractivity contribution in [3.05, 3.63) is 10.1 Å². The van der Waals surface area contributed by atoms with Crippen molar-refractivity contribution in [2.24, 2.45) is 11.0 Å². The summed E-state index contributed by atoms with van der Waals surface area (Å²) in [5.41, 5.74) is 0.682. The summed E-state index contributed by atoms with van der Waals surface area (Å²) in [6, 6.07) is 0. The third kappa shape index (κ3) is 3.83. The van der Waals surface area contributed by atoms with E-state index in [-0.39, 0.29) is 0 Å². The fraction of sp³-hybridized carbons (Fsp3) is 0.889. The maximum Gasteiger partial charge on any atom is 0.190 e. The minimum absolute atomic E-state index is 0.568. The van der Waals surface area contributed by atoms with Crippen LogP contribution >= 0.6 is 0 Å². The Morgan fingerprint density at radius 1 is 1.71 bits per heavy atom. The quantitative estimate of drug-likeness (QED) is 0.386. The largest absolute Gasteiger partial charge is 0.381 e. The highest BCUT2D eigenvalue weighted by atomic mass is 16.7. The van der Waals surface area contributed by atoms with E-state index in [1.54, 1.807) is 0 Å². The highest BCUT2D eigenvalue weighted by Crippen LogP contribution is 2.18. The molecule has 1 heterocycles. The molecule has 0 aliphatic carbocycles. The first-order chi connectivity index (χ1) is 6.72. The molecule has 5 nitrogen and oxygen atoms in total. The molecular weight excluding hydrogens is 184 g/mol. The van der Waals surface area contributed by atoms with Crippen molar-refractivity contribution in [1.29, 1.82) is 0 Å². The molecule has 80 valence electrons. The number of nitro groups is 1. The number of nitrogens with zero attached hydrogens (tertiary/aromatic N) is 2. The first-order valence-electron chi connectivity index (χ1n) is 5.01. The summed E-state index contributed by atoms with van der Waals surface area (Å²) in [5, 5.41) is 12.9. The lowest BCUT2D eigenvalue weighted by Crippen LogP contribution is -2.06. The van der Waals surface area contributed by atoms with Gasteiger partial charge in [0.1, 0.15) is 0 Å². The average Bonchev–Trinajstić information content (AvgIpc) is 2.64. The minimum Gasteiger partial charge on any atom is -0.381 e. The van der Waals surface area contributed by atoms with Gasteiger partial charge in [-0.15, -0.1) is 0 Å². The molecule has 1 aliphatic rings. The van der Waals surface area contributed by atoms with E-state index in [4.69, 9.17) is 4.74 Å². The molecule has 0 bridgehead atoms. The molecule has 0 radical (unpaired) electrons. The summed E-state index contributed by atoms with van der Waals surface area (Å²) in [5.74, 6) is 0.568. The predicted octanol–water partition coefficient (Wildman–Crippen LogP) is 1.85. The number of rotatable bonds is 5. The number of hydrazone groups is 1. The average molecular weight is 200 g/mol. The van der Waals surface area contributed by atoms with Gasteiger partial charge in [0.05, 0.1) is 10.8 Å². The van der Waals surface area contributed by atoms with E-state index >= 15 is 0 Å². The van der Waals surface area contributed by atoms with Crippen LogP contribution in [0.1, 0.15) is 32.6 Å². The van der Waals surface area contributed by atoms with Crippen molar-refractivity contribution < 1.29 is 9.77 Å². The van der Waals surface area contributed by atoms with E-state index in [0.717, 1.165) is 32.5 Å². The molecule has 5 heteroatoms. The molecule has 1 fully saturated rings. The van der Waals surface area contributed by atoms with Gasteiger partial charge in [0.2, 0.25) is 0 Å². The summed E-state index contributed by atoms with van der Waals surface area (Å²) in [6.45, 7) is 3.53. The molecule has 0 aromatic rings. The molecule has 1 rings (SSSR count). The summed E-state index contributed by atoms with van der Waals surface area (Å²) in [6.07, 6.45) is 3.43. The Labute approximate surface area is 83.3 Å². The van der Waals surface area contributed by atoms with Crippen molar-refractivity contribution in [3.8, 4) is 0 Å². The van der Waals surface area contributed by atoms with Gasteiger partial charge in [0, 0.05) is 13.2 Å². The first-order valence-corrected chi connectivity index (χ1v) is 5.01. The Bertz CT molecular complexity index is 222. The number of hydrogen-bond acceptors (Lipinski definition) is 3. The molecule has 14 heavy (non-hydrogen) atoms. The van der Waals surface area contributed by atoms with Crippen molar-refractivity contribution in [1.82, 2.24) is 0 Å². The van der Waals surface area contributed by atoms with Crippen LogP contribution in [0.15, 0.2) is 5.10 Å². The van der Waals surface area contributed by atoms with Gasteiger partial charge in [-0.25, -0.2) is 10.1 Å². The zero-order valence-electron chi connectivity index (χ0n) is 8.44. The molecule has 1 aliphatic heterocycles. The van der Waals surface area contributed by atoms with Gasteiger partial charge >= 0.3 is 0 Å². The molecule has 1 atom stereocenters. The molecule has 1 saturated heterocycles. The Balaban J connectivity index is 2.29. The summed E-state index contributed by atoms with van der Waals surface area (Å²) in [4.78, 5) is 10.2. The topological polar surface area (TPSA) is 64.7 Å². The lowest BCUT2D eigenvalue weighted by atomic mass is 10.00. The third-order valence-corrected chi connectivity index (χ3v) is 2.50. The second-order valence-corrected chi connectivity index (χ2v) is 3.53. The standard InChI is InChI=1S/C9H16N2O3/c1-2-9(10-11(12)13)4-3-8-5-6-14-7-8/h8H,2-7H2,1H3/b10-9+. The van der Waals surface area contributed by atoms with Crippen LogP contribution in [0.4, 0.5) is 0 Å². The second kappa shape index (κ2) is 5.70. The van der Waals surface area contributed by atoms with Crippen LogP contribution in [0, 0.1) is 16.0 Å². The zero-order valence-corrected chi connectivity index (χ0v) is 8.44. The molecule has 0 amide bonds. The van der Waals surface area contributed by atoms with Crippen molar-refractivity contribution >= 4 is 5.71 Å². The lowest BCUT2D eigenvalue weighted by Gasteiger charge is -2.05. The number of ether oxygens (including phenoxy) is 1. The van der Waals surface area contributed by atoms with Crippen molar-refractivity contribution in [2.75, 3.05) is 13.2 Å². The van der Waals surface area contributed by atoms with Crippen LogP contribution in [-0.2, 0) is 4.74 Å². The normalized spacial score (nSPS) is 22.6. The monoisotopic (exact) mass is 200 g/mol. The smallest absolute Gasteiger partial charge is 0.190 e. The summed E-state index contributed by atoms with van der Waals surface area (Å²) >= 11 is 0. The Kier molecular flexibility index (Phi) is 4.52. The van der Waals surface area contributed by atoms with Crippen molar-refractivity contribution in [2.45, 2.75) is 32.6 Å². The molecule has 0 aromatic carbocycles. The van der Waals surface area contributed by atoms with Crippen LogP contribution in [0.2, 0.25) is 0 Å². The molecule has 1 unspecified atom stereocenters. The Morgan fingerprint density at radius 3 is 3.00 bits per heavy atom. The van der Waals surface area contributed by atoms with E-state index in [0.29, 0.717) is 18.1 Å². The molecule has 0 saturated carbocycles. The Morgan fingerprint density at radius 2 is 2.50 bits per heavy atom. The predicted molar refractivity (Wildman–Crippen MR) is 52.9 cm³/mol. The Hall–Kier alpha value is -0.970. The van der Waals surface area contributed by atoms with Gasteiger partial charge in [-0.2, -0.15) is 0 Å². The minimum atomic E-state index is -0.607. The maximum atomic E-state index is 10.2. The SMILES string of the molecule is CC/C(CCC1CCOC1)=N\[N+](=O)[O-]. The highest BCUT2D eigenvalue weighted by molar-refractivity contribution is 5.83. The fourth-order valence-corrected chi connectivity index (χ4v) is 1.59. The van der Waals surface area contributed by atoms with Crippen LogP contribution < -0.4 is 0 Å².